The van der Waals surface area contributed by atoms with Gasteiger partial charge < -0.3 is 18.9 Å². The summed E-state index contributed by atoms with van der Waals surface area (Å²) in [7, 11) is 2.51. The van der Waals surface area contributed by atoms with Crippen LogP contribution in [0.1, 0.15) is 110 Å². The number of ether oxygens (including phenoxy) is 4. The molecule has 4 aromatic carbocycles. The summed E-state index contributed by atoms with van der Waals surface area (Å²) in [5.41, 5.74) is 10.3. The third-order valence-electron chi connectivity index (χ3n) is 19.0. The fourth-order valence-electron chi connectivity index (χ4n) is 17.5. The standard InChI is InChI=1S/C56H68O4P2/c1-37-17-43(51(59-35-57-3)49(19-37)55-29-41-21-39-23-45(31-55)53(55,25-39)27-41)33-61(47-11-7-5-8-12-47)15-16-62(48-13-9-6-10-14-48)34-44-18-38(2)20-50(52(44)60-36-58-4)56-30-42-22-40-24-46(32-56)54(56,26-40)28-42/h5-14,17-20,39-42,45-46H,15-16,21-36H2,1-4H3/t39?,40?,41?,42?,45?,46?,53?,54?,55?,56?,61-,62-/m1/s1. The molecule has 8 fully saturated rings. The summed E-state index contributed by atoms with van der Waals surface area (Å²) < 4.78 is 25.2. The molecule has 6 heteroatoms. The van der Waals surface area contributed by atoms with Gasteiger partial charge in [0.15, 0.2) is 13.6 Å². The Morgan fingerprint density at radius 1 is 0.500 bits per heavy atom. The molecule has 4 nitrogen and oxygen atoms in total. The van der Waals surface area contributed by atoms with Gasteiger partial charge in [0.05, 0.1) is 0 Å². The molecular weight excluding hydrogens is 799 g/mol. The van der Waals surface area contributed by atoms with E-state index in [2.05, 4.69) is 98.8 Å². The van der Waals surface area contributed by atoms with E-state index in [-0.39, 0.29) is 10.8 Å². The van der Waals surface area contributed by atoms with Crippen molar-refractivity contribution in [3.8, 4) is 11.5 Å². The van der Waals surface area contributed by atoms with E-state index in [4.69, 9.17) is 18.9 Å². The van der Waals surface area contributed by atoms with Crippen molar-refractivity contribution >= 4 is 26.5 Å². The number of aryl methyl sites for hydroxylation is 2. The lowest BCUT2D eigenvalue weighted by molar-refractivity contribution is -0.0391. The van der Waals surface area contributed by atoms with Gasteiger partial charge in [0.1, 0.15) is 11.5 Å². The highest BCUT2D eigenvalue weighted by Gasteiger charge is 2.76. The monoisotopic (exact) mass is 866 g/mol. The van der Waals surface area contributed by atoms with Gasteiger partial charge in [0, 0.05) is 48.5 Å². The maximum absolute atomic E-state index is 6.87. The van der Waals surface area contributed by atoms with Crippen molar-refractivity contribution in [2.75, 3.05) is 40.1 Å². The average Bonchev–Trinajstić information content (AvgIpc) is 3.77. The number of hydrogen-bond acceptors (Lipinski definition) is 4. The average molecular weight is 867 g/mol. The van der Waals surface area contributed by atoms with Gasteiger partial charge >= 0.3 is 0 Å². The number of rotatable bonds is 17. The summed E-state index contributed by atoms with van der Waals surface area (Å²) >= 11 is 0. The Balaban J connectivity index is 0.892. The van der Waals surface area contributed by atoms with Crippen LogP contribution in [0.5, 0.6) is 11.5 Å². The van der Waals surface area contributed by atoms with Gasteiger partial charge in [-0.05, 0) is 171 Å². The first-order valence-corrected chi connectivity index (χ1v) is 27.8. The van der Waals surface area contributed by atoms with Crippen LogP contribution >= 0.6 is 15.8 Å². The number of methoxy groups -OCH3 is 2. The van der Waals surface area contributed by atoms with Gasteiger partial charge in [-0.25, -0.2) is 0 Å². The molecule has 12 rings (SSSR count). The molecule has 0 aliphatic heterocycles. The summed E-state index contributed by atoms with van der Waals surface area (Å²) in [6, 6.07) is 33.2. The van der Waals surface area contributed by atoms with E-state index < -0.39 is 15.8 Å². The zero-order valence-electron chi connectivity index (χ0n) is 37.8. The number of benzene rings is 4. The van der Waals surface area contributed by atoms with Crippen LogP contribution < -0.4 is 20.1 Å². The minimum Gasteiger partial charge on any atom is -0.467 e. The fourth-order valence-corrected chi connectivity index (χ4v) is 23.1. The van der Waals surface area contributed by atoms with Crippen LogP contribution in [0.15, 0.2) is 84.9 Å². The lowest BCUT2D eigenvalue weighted by Gasteiger charge is -2.60. The largest absolute Gasteiger partial charge is 0.467 e. The molecule has 8 aliphatic carbocycles. The maximum Gasteiger partial charge on any atom is 0.188 e. The summed E-state index contributed by atoms with van der Waals surface area (Å²) in [6.45, 7) is 5.31. The molecule has 6 bridgehead atoms. The molecule has 0 heterocycles. The zero-order chi connectivity index (χ0) is 41.8. The molecule has 0 radical (unpaired) electrons. The van der Waals surface area contributed by atoms with Crippen LogP contribution in [0.2, 0.25) is 0 Å². The predicted octanol–water partition coefficient (Wildman–Crippen LogP) is 12.5. The third-order valence-corrected chi connectivity index (χ3v) is 24.4. The van der Waals surface area contributed by atoms with Gasteiger partial charge in [-0.3, -0.25) is 0 Å². The van der Waals surface area contributed by atoms with Crippen molar-refractivity contribution in [3.63, 3.8) is 0 Å². The van der Waals surface area contributed by atoms with E-state index in [1.807, 2.05) is 0 Å². The van der Waals surface area contributed by atoms with Crippen molar-refractivity contribution < 1.29 is 18.9 Å². The second-order valence-electron chi connectivity index (χ2n) is 22.1. The van der Waals surface area contributed by atoms with E-state index in [1.165, 1.54) is 145 Å². The van der Waals surface area contributed by atoms with E-state index >= 15 is 0 Å². The van der Waals surface area contributed by atoms with Crippen molar-refractivity contribution in [1.82, 2.24) is 0 Å². The fraction of sp³-hybridized carbons (Fsp3) is 0.571. The van der Waals surface area contributed by atoms with Crippen molar-refractivity contribution in [1.29, 1.82) is 0 Å². The summed E-state index contributed by atoms with van der Waals surface area (Å²) in [5, 5.41) is 3.01. The molecule has 10 unspecified atom stereocenters. The maximum atomic E-state index is 6.87. The van der Waals surface area contributed by atoms with Gasteiger partial charge in [-0.1, -0.05) is 112 Å². The second-order valence-corrected chi connectivity index (χ2v) is 26.8. The molecule has 8 saturated carbocycles. The Kier molecular flexibility index (Phi) is 10.1. The smallest absolute Gasteiger partial charge is 0.188 e. The molecule has 4 aromatic rings. The van der Waals surface area contributed by atoms with E-state index in [0.717, 1.165) is 47.8 Å². The molecule has 8 aliphatic rings. The molecule has 0 saturated heterocycles. The Labute approximate surface area is 374 Å². The van der Waals surface area contributed by atoms with Gasteiger partial charge in [-0.15, -0.1) is 0 Å². The molecule has 0 N–H and O–H groups in total. The van der Waals surface area contributed by atoms with Crippen LogP contribution in [-0.2, 0) is 32.6 Å². The van der Waals surface area contributed by atoms with Crippen LogP contribution in [0.4, 0.5) is 0 Å². The predicted molar refractivity (Wildman–Crippen MR) is 255 cm³/mol. The van der Waals surface area contributed by atoms with Crippen LogP contribution in [0, 0.1) is 60.2 Å². The number of fused-ring (bicyclic) bond motifs is 4. The Bertz CT molecular complexity index is 2160. The van der Waals surface area contributed by atoms with Crippen LogP contribution in [0.3, 0.4) is 0 Å². The Morgan fingerprint density at radius 2 is 0.919 bits per heavy atom. The first-order valence-electron chi connectivity index (χ1n) is 24.4. The molecule has 62 heavy (non-hydrogen) atoms. The summed E-state index contributed by atoms with van der Waals surface area (Å²) in [6.07, 6.45) is 21.6. The van der Waals surface area contributed by atoms with E-state index in [9.17, 15) is 0 Å². The quantitative estimate of drug-likeness (QED) is 0.0783. The van der Waals surface area contributed by atoms with Crippen molar-refractivity contribution in [2.24, 2.45) is 46.3 Å². The third kappa shape index (κ3) is 6.11. The minimum atomic E-state index is -0.526. The lowest BCUT2D eigenvalue weighted by atomic mass is 9.44. The molecular formula is C56H68O4P2. The first-order chi connectivity index (χ1) is 30.2. The molecule has 2 spiro atoms. The second kappa shape index (κ2) is 15.4. The van der Waals surface area contributed by atoms with Crippen molar-refractivity contribution in [3.05, 3.63) is 118 Å². The van der Waals surface area contributed by atoms with E-state index in [0.29, 0.717) is 24.4 Å². The Hall–Kier alpha value is -2.74. The first kappa shape index (κ1) is 40.7. The van der Waals surface area contributed by atoms with Gasteiger partial charge in [-0.2, -0.15) is 0 Å². The molecule has 0 amide bonds. The van der Waals surface area contributed by atoms with Crippen LogP contribution in [-0.4, -0.2) is 40.1 Å². The topological polar surface area (TPSA) is 36.9 Å². The van der Waals surface area contributed by atoms with Crippen LogP contribution in [0.25, 0.3) is 0 Å². The molecule has 0 aromatic heterocycles. The van der Waals surface area contributed by atoms with Gasteiger partial charge in [0.2, 0.25) is 0 Å². The normalized spacial score (nSPS) is 35.9. The molecule has 12 atom stereocenters. The van der Waals surface area contributed by atoms with E-state index in [1.54, 1.807) is 14.2 Å². The zero-order valence-corrected chi connectivity index (χ0v) is 39.6. The number of hydrogen-bond donors (Lipinski definition) is 0. The minimum absolute atomic E-state index is 0.278. The highest BCUT2D eigenvalue weighted by molar-refractivity contribution is 7.68. The lowest BCUT2D eigenvalue weighted by Crippen LogP contribution is -2.55. The SMILES string of the molecule is COCOc1c(C[P@@](CC[P@](Cc2cc(C)cc(C34CC5CC6CC(C3)C4(C6)C5)c2OCOC)c2ccccc2)c2ccccc2)cc(C)cc1C12CC3CC4CC(C1)C2(C4)C3. The summed E-state index contributed by atoms with van der Waals surface area (Å²) in [5.74, 6) is 7.87. The highest BCUT2D eigenvalue weighted by Crippen LogP contribution is 2.83. The summed E-state index contributed by atoms with van der Waals surface area (Å²) in [4.78, 5) is 0. The molecule has 326 valence electrons. The van der Waals surface area contributed by atoms with Crippen molar-refractivity contribution in [2.45, 2.75) is 114 Å². The van der Waals surface area contributed by atoms with Gasteiger partial charge in [0.25, 0.3) is 0 Å². The Morgan fingerprint density at radius 3 is 1.34 bits per heavy atom. The highest BCUT2D eigenvalue weighted by atomic mass is 31.1.